The van der Waals surface area contributed by atoms with Gasteiger partial charge in [0.25, 0.3) is 11.8 Å². The number of carbonyl (C=O) groups is 2. The third-order valence-electron chi connectivity index (χ3n) is 4.11. The van der Waals surface area contributed by atoms with Crippen molar-refractivity contribution in [2.45, 2.75) is 13.8 Å². The molecule has 1 heterocycles. The molecular formula is C21H19FN4O2. The van der Waals surface area contributed by atoms with E-state index in [4.69, 9.17) is 5.73 Å². The molecule has 0 aliphatic rings. The van der Waals surface area contributed by atoms with Crippen LogP contribution in [-0.2, 0) is 0 Å². The van der Waals surface area contributed by atoms with Crippen molar-refractivity contribution in [1.29, 1.82) is 0 Å². The molecule has 1 aromatic heterocycles. The first-order chi connectivity index (χ1) is 13.3. The van der Waals surface area contributed by atoms with Crippen molar-refractivity contribution in [3.63, 3.8) is 0 Å². The molecule has 4 N–H and O–H groups in total. The number of rotatable bonds is 5. The maximum absolute atomic E-state index is 13.6. The SMILES string of the molecule is Cc1cc(F)cc(Nc2ncc(NC(=O)c3ccccc3C)cc2C(N)=O)c1. The standard InChI is InChI=1S/C21H19FN4O2/c1-12-7-14(22)9-15(8-12)25-20-18(19(23)27)10-16(11-24-20)26-21(28)17-6-4-3-5-13(17)2/h3-11H,1-2H3,(H2,23,27)(H,24,25)(H,26,28). The molecule has 0 atom stereocenters. The van der Waals surface area contributed by atoms with Crippen molar-refractivity contribution in [3.8, 4) is 0 Å². The zero-order valence-electron chi connectivity index (χ0n) is 15.4. The molecule has 0 saturated carbocycles. The lowest BCUT2D eigenvalue weighted by Crippen LogP contribution is -2.17. The van der Waals surface area contributed by atoms with Gasteiger partial charge in [0.15, 0.2) is 0 Å². The van der Waals surface area contributed by atoms with Crippen molar-refractivity contribution in [3.05, 3.63) is 82.8 Å². The van der Waals surface area contributed by atoms with E-state index in [-0.39, 0.29) is 17.3 Å². The quantitative estimate of drug-likeness (QED) is 0.627. The van der Waals surface area contributed by atoms with Gasteiger partial charge in [-0.25, -0.2) is 9.37 Å². The molecule has 2 aromatic carbocycles. The van der Waals surface area contributed by atoms with Crippen LogP contribution in [-0.4, -0.2) is 16.8 Å². The van der Waals surface area contributed by atoms with Crippen LogP contribution in [0.2, 0.25) is 0 Å². The second kappa shape index (κ2) is 7.87. The summed E-state index contributed by atoms with van der Waals surface area (Å²) in [5.74, 6) is -1.29. The Bertz CT molecular complexity index is 1050. The maximum Gasteiger partial charge on any atom is 0.255 e. The van der Waals surface area contributed by atoms with E-state index < -0.39 is 11.7 Å². The molecule has 0 saturated heterocycles. The van der Waals surface area contributed by atoms with Crippen LogP contribution in [0, 0.1) is 19.7 Å². The number of halogens is 1. The Kier molecular flexibility index (Phi) is 5.35. The molecule has 0 aliphatic heterocycles. The fraction of sp³-hybridized carbons (Fsp3) is 0.0952. The number of pyridine rings is 1. The zero-order chi connectivity index (χ0) is 20.3. The number of benzene rings is 2. The summed E-state index contributed by atoms with van der Waals surface area (Å²) in [6.07, 6.45) is 1.40. The summed E-state index contributed by atoms with van der Waals surface area (Å²) >= 11 is 0. The van der Waals surface area contributed by atoms with Crippen LogP contribution in [0.1, 0.15) is 31.8 Å². The monoisotopic (exact) mass is 378 g/mol. The van der Waals surface area contributed by atoms with Gasteiger partial charge in [0.2, 0.25) is 0 Å². The molecule has 142 valence electrons. The molecule has 3 aromatic rings. The van der Waals surface area contributed by atoms with Gasteiger partial charge in [-0.3, -0.25) is 9.59 Å². The van der Waals surface area contributed by atoms with Crippen LogP contribution >= 0.6 is 0 Å². The highest BCUT2D eigenvalue weighted by molar-refractivity contribution is 6.06. The van der Waals surface area contributed by atoms with E-state index in [1.807, 2.05) is 19.1 Å². The van der Waals surface area contributed by atoms with Crippen molar-refractivity contribution >= 4 is 29.0 Å². The molecule has 2 amide bonds. The van der Waals surface area contributed by atoms with E-state index in [0.29, 0.717) is 22.5 Å². The number of amides is 2. The number of nitrogens with two attached hydrogens (primary N) is 1. The van der Waals surface area contributed by atoms with E-state index in [1.165, 1.54) is 24.4 Å². The summed E-state index contributed by atoms with van der Waals surface area (Å²) in [5, 5.41) is 5.60. The largest absolute Gasteiger partial charge is 0.365 e. The minimum atomic E-state index is -0.727. The average Bonchev–Trinajstić information content (AvgIpc) is 2.62. The highest BCUT2D eigenvalue weighted by Crippen LogP contribution is 2.23. The second-order valence-electron chi connectivity index (χ2n) is 6.40. The van der Waals surface area contributed by atoms with Crippen LogP contribution in [0.3, 0.4) is 0 Å². The first kappa shape index (κ1) is 19.0. The number of nitrogens with zero attached hydrogens (tertiary/aromatic N) is 1. The van der Waals surface area contributed by atoms with Gasteiger partial charge in [0.1, 0.15) is 11.6 Å². The van der Waals surface area contributed by atoms with E-state index in [9.17, 15) is 14.0 Å². The Morgan fingerprint density at radius 3 is 2.43 bits per heavy atom. The van der Waals surface area contributed by atoms with Crippen molar-refractivity contribution in [2.75, 3.05) is 10.6 Å². The van der Waals surface area contributed by atoms with Crippen LogP contribution in [0.4, 0.5) is 21.6 Å². The molecule has 3 rings (SSSR count). The molecule has 0 spiro atoms. The fourth-order valence-corrected chi connectivity index (χ4v) is 2.79. The predicted molar refractivity (Wildman–Crippen MR) is 106 cm³/mol. The Morgan fingerprint density at radius 2 is 1.75 bits per heavy atom. The number of aromatic nitrogens is 1. The molecular weight excluding hydrogens is 359 g/mol. The summed E-state index contributed by atoms with van der Waals surface area (Å²) in [5.41, 5.74) is 8.34. The fourth-order valence-electron chi connectivity index (χ4n) is 2.79. The van der Waals surface area contributed by atoms with Crippen LogP contribution < -0.4 is 16.4 Å². The number of hydrogen-bond acceptors (Lipinski definition) is 4. The molecule has 0 aliphatic carbocycles. The topological polar surface area (TPSA) is 97.1 Å². The molecule has 28 heavy (non-hydrogen) atoms. The number of carbonyl (C=O) groups excluding carboxylic acids is 2. The average molecular weight is 378 g/mol. The molecule has 7 heteroatoms. The van der Waals surface area contributed by atoms with Gasteiger partial charge in [0.05, 0.1) is 17.4 Å². The third-order valence-corrected chi connectivity index (χ3v) is 4.11. The lowest BCUT2D eigenvalue weighted by atomic mass is 10.1. The van der Waals surface area contributed by atoms with E-state index in [2.05, 4.69) is 15.6 Å². The van der Waals surface area contributed by atoms with Gasteiger partial charge in [-0.2, -0.15) is 0 Å². The molecule has 6 nitrogen and oxygen atoms in total. The molecule has 0 bridgehead atoms. The number of hydrogen-bond donors (Lipinski definition) is 3. The second-order valence-corrected chi connectivity index (χ2v) is 6.40. The van der Waals surface area contributed by atoms with Crippen LogP contribution in [0.5, 0.6) is 0 Å². The first-order valence-electron chi connectivity index (χ1n) is 8.54. The number of aryl methyl sites for hydroxylation is 2. The summed E-state index contributed by atoms with van der Waals surface area (Å²) in [7, 11) is 0. The predicted octanol–water partition coefficient (Wildman–Crippen LogP) is 3.93. The Hall–Kier alpha value is -3.74. The molecule has 0 unspecified atom stereocenters. The summed E-state index contributed by atoms with van der Waals surface area (Å²) < 4.78 is 13.6. The Labute approximate surface area is 161 Å². The highest BCUT2D eigenvalue weighted by Gasteiger charge is 2.14. The Morgan fingerprint density at radius 1 is 1.00 bits per heavy atom. The third kappa shape index (κ3) is 4.32. The number of nitrogens with one attached hydrogen (secondary N) is 2. The highest BCUT2D eigenvalue weighted by atomic mass is 19.1. The normalized spacial score (nSPS) is 10.4. The lowest BCUT2D eigenvalue weighted by Gasteiger charge is -2.13. The lowest BCUT2D eigenvalue weighted by molar-refractivity contribution is 0.0996. The number of anilines is 3. The van der Waals surface area contributed by atoms with Gasteiger partial charge in [0, 0.05) is 11.3 Å². The molecule has 0 radical (unpaired) electrons. The van der Waals surface area contributed by atoms with Crippen molar-refractivity contribution in [1.82, 2.24) is 4.98 Å². The first-order valence-corrected chi connectivity index (χ1v) is 8.54. The zero-order valence-corrected chi connectivity index (χ0v) is 15.4. The van der Waals surface area contributed by atoms with E-state index in [0.717, 1.165) is 5.56 Å². The minimum absolute atomic E-state index is 0.0736. The van der Waals surface area contributed by atoms with Gasteiger partial charge in [-0.15, -0.1) is 0 Å². The summed E-state index contributed by atoms with van der Waals surface area (Å²) in [6.45, 7) is 3.58. The van der Waals surface area contributed by atoms with Gasteiger partial charge in [-0.05, 0) is 55.3 Å². The van der Waals surface area contributed by atoms with Crippen molar-refractivity contribution in [2.24, 2.45) is 5.73 Å². The number of primary amides is 1. The molecule has 0 fully saturated rings. The van der Waals surface area contributed by atoms with E-state index >= 15 is 0 Å². The smallest absolute Gasteiger partial charge is 0.255 e. The van der Waals surface area contributed by atoms with Gasteiger partial charge >= 0.3 is 0 Å². The summed E-state index contributed by atoms with van der Waals surface area (Å²) in [6, 6.07) is 13.0. The minimum Gasteiger partial charge on any atom is -0.365 e. The van der Waals surface area contributed by atoms with Crippen LogP contribution in [0.25, 0.3) is 0 Å². The summed E-state index contributed by atoms with van der Waals surface area (Å²) in [4.78, 5) is 28.5. The maximum atomic E-state index is 13.6. The van der Waals surface area contributed by atoms with Crippen LogP contribution in [0.15, 0.2) is 54.7 Å². The van der Waals surface area contributed by atoms with Crippen molar-refractivity contribution < 1.29 is 14.0 Å². The van der Waals surface area contributed by atoms with E-state index in [1.54, 1.807) is 25.1 Å². The Balaban J connectivity index is 1.88. The van der Waals surface area contributed by atoms with Gasteiger partial charge in [-0.1, -0.05) is 18.2 Å². The van der Waals surface area contributed by atoms with Gasteiger partial charge < -0.3 is 16.4 Å².